The van der Waals surface area contributed by atoms with Crippen LogP contribution in [0.4, 0.5) is 10.5 Å². The lowest BCUT2D eigenvalue weighted by molar-refractivity contribution is 0.260. The largest absolute Gasteiger partial charge is 0.475 e. The van der Waals surface area contributed by atoms with Gasteiger partial charge in [-0.3, -0.25) is 0 Å². The Morgan fingerprint density at radius 1 is 1.39 bits per heavy atom. The summed E-state index contributed by atoms with van der Waals surface area (Å²) in [6.45, 7) is 3.19. The molecule has 2 heterocycles. The molecular weight excluding hydrogens is 378 g/mol. The summed E-state index contributed by atoms with van der Waals surface area (Å²) in [5.41, 5.74) is 5.85. The van der Waals surface area contributed by atoms with Gasteiger partial charge < -0.3 is 10.1 Å². The second kappa shape index (κ2) is 6.31. The van der Waals surface area contributed by atoms with Crippen molar-refractivity contribution in [1.29, 1.82) is 0 Å². The van der Waals surface area contributed by atoms with Crippen molar-refractivity contribution in [2.24, 2.45) is 9.50 Å². The van der Waals surface area contributed by atoms with Crippen LogP contribution in [0.2, 0.25) is 0 Å². The molecule has 3 N–H and O–H groups in total. The third-order valence-electron chi connectivity index (χ3n) is 5.93. The smallest absolute Gasteiger partial charge is 0.354 e. The van der Waals surface area contributed by atoms with E-state index in [1.165, 1.54) is 28.5 Å². The fourth-order valence-electron chi connectivity index (χ4n) is 4.65. The lowest BCUT2D eigenvalue weighted by Gasteiger charge is -2.17. The molecule has 148 valence electrons. The molecule has 28 heavy (non-hydrogen) atoms. The molecule has 1 aromatic heterocycles. The van der Waals surface area contributed by atoms with Crippen LogP contribution in [-0.4, -0.2) is 26.6 Å². The number of rotatable bonds is 2. The minimum absolute atomic E-state index is 0.164. The highest BCUT2D eigenvalue weighted by molar-refractivity contribution is 7.91. The SMILES string of the molecule is C[C@@H]1CCc2cc3c(c(NC(=O)N=S(N)(=O)c4cnn5c4OCC5)c21)CCC3. The minimum Gasteiger partial charge on any atom is -0.475 e. The van der Waals surface area contributed by atoms with Gasteiger partial charge in [-0.2, -0.15) is 5.10 Å². The number of anilines is 1. The zero-order valence-corrected chi connectivity index (χ0v) is 16.6. The summed E-state index contributed by atoms with van der Waals surface area (Å²) in [5, 5.41) is 13.0. The average molecular weight is 401 g/mol. The molecule has 2 atom stereocenters. The van der Waals surface area contributed by atoms with E-state index in [4.69, 9.17) is 9.88 Å². The third kappa shape index (κ3) is 2.72. The van der Waals surface area contributed by atoms with Crippen molar-refractivity contribution in [2.75, 3.05) is 11.9 Å². The van der Waals surface area contributed by atoms with E-state index in [0.29, 0.717) is 24.9 Å². The maximum Gasteiger partial charge on any atom is 0.354 e. The first-order valence-electron chi connectivity index (χ1n) is 9.66. The highest BCUT2D eigenvalue weighted by Crippen LogP contribution is 2.44. The van der Waals surface area contributed by atoms with Crippen LogP contribution in [-0.2, 0) is 35.7 Å². The monoisotopic (exact) mass is 401 g/mol. The van der Waals surface area contributed by atoms with Crippen molar-refractivity contribution in [3.63, 3.8) is 0 Å². The number of nitrogens with one attached hydrogen (secondary N) is 1. The van der Waals surface area contributed by atoms with E-state index in [1.807, 2.05) is 0 Å². The highest BCUT2D eigenvalue weighted by Gasteiger charge is 2.30. The number of ether oxygens (including phenoxy) is 1. The van der Waals surface area contributed by atoms with Gasteiger partial charge in [-0.15, -0.1) is 4.36 Å². The molecule has 2 amide bonds. The first-order valence-corrected chi connectivity index (χ1v) is 11.2. The second-order valence-corrected chi connectivity index (χ2v) is 9.49. The normalized spacial score (nSPS) is 21.4. The van der Waals surface area contributed by atoms with Crippen LogP contribution < -0.4 is 15.2 Å². The number of fused-ring (bicyclic) bond motifs is 3. The minimum atomic E-state index is -3.45. The van der Waals surface area contributed by atoms with Crippen molar-refractivity contribution >= 4 is 21.6 Å². The summed E-state index contributed by atoms with van der Waals surface area (Å²) in [5.74, 6) is 0.713. The molecule has 0 saturated heterocycles. The Balaban J connectivity index is 1.51. The van der Waals surface area contributed by atoms with Gasteiger partial charge in [0.1, 0.15) is 11.5 Å². The standard InChI is InChI=1S/C19H23N5O3S/c1-11-5-6-13-9-12-3-2-4-14(12)17(16(11)13)22-19(25)23-28(20,26)15-10-21-24-7-8-27-18(15)24/h9-11H,2-8H2,1H3,(H3,20,22,23,25,26)/t11-,28?/m1/s1. The Morgan fingerprint density at radius 3 is 3.11 bits per heavy atom. The van der Waals surface area contributed by atoms with E-state index in [-0.39, 0.29) is 4.90 Å². The predicted molar refractivity (Wildman–Crippen MR) is 105 cm³/mol. The van der Waals surface area contributed by atoms with Crippen molar-refractivity contribution in [3.05, 3.63) is 34.5 Å². The van der Waals surface area contributed by atoms with Gasteiger partial charge in [0.15, 0.2) is 9.92 Å². The maximum absolute atomic E-state index is 13.0. The molecule has 8 nitrogen and oxygen atoms in total. The number of hydrogen-bond donors (Lipinski definition) is 2. The van der Waals surface area contributed by atoms with Gasteiger partial charge >= 0.3 is 6.03 Å². The molecule has 1 aliphatic heterocycles. The third-order valence-corrected chi connectivity index (χ3v) is 7.28. The Hall–Kier alpha value is -2.39. The Kier molecular flexibility index (Phi) is 3.99. The van der Waals surface area contributed by atoms with Gasteiger partial charge in [0.05, 0.1) is 12.7 Å². The molecule has 0 radical (unpaired) electrons. The van der Waals surface area contributed by atoms with E-state index in [9.17, 15) is 9.00 Å². The summed E-state index contributed by atoms with van der Waals surface area (Å²) < 4.78 is 23.8. The first kappa shape index (κ1) is 17.7. The topological polar surface area (TPSA) is 112 Å². The first-order chi connectivity index (χ1) is 13.4. The van der Waals surface area contributed by atoms with Crippen molar-refractivity contribution in [2.45, 2.75) is 56.4 Å². The number of aromatic nitrogens is 2. The molecule has 1 aromatic carbocycles. The summed E-state index contributed by atoms with van der Waals surface area (Å²) in [6, 6.07) is 1.61. The summed E-state index contributed by atoms with van der Waals surface area (Å²) in [7, 11) is -3.45. The zero-order chi connectivity index (χ0) is 19.5. The lowest BCUT2D eigenvalue weighted by Crippen LogP contribution is -2.19. The molecule has 2 aromatic rings. The molecule has 3 aliphatic rings. The van der Waals surface area contributed by atoms with Gasteiger partial charge in [0, 0.05) is 5.69 Å². The molecule has 0 bridgehead atoms. The number of urea groups is 1. The van der Waals surface area contributed by atoms with Gasteiger partial charge in [-0.05, 0) is 60.3 Å². The van der Waals surface area contributed by atoms with Crippen LogP contribution in [0.3, 0.4) is 0 Å². The van der Waals surface area contributed by atoms with Crippen LogP contribution in [0.15, 0.2) is 21.5 Å². The van der Waals surface area contributed by atoms with Gasteiger partial charge in [-0.1, -0.05) is 13.0 Å². The van der Waals surface area contributed by atoms with Crippen LogP contribution in [0.1, 0.15) is 47.9 Å². The molecular formula is C19H23N5O3S. The van der Waals surface area contributed by atoms with E-state index >= 15 is 0 Å². The van der Waals surface area contributed by atoms with E-state index in [0.717, 1.165) is 37.8 Å². The number of aryl methyl sites for hydroxylation is 2. The average Bonchev–Trinajstić information content (AvgIpc) is 3.37. The van der Waals surface area contributed by atoms with Crippen LogP contribution in [0.25, 0.3) is 0 Å². The Labute approximate surface area is 163 Å². The number of nitrogens with two attached hydrogens (primary N) is 1. The predicted octanol–water partition coefficient (Wildman–Crippen LogP) is 2.75. The van der Waals surface area contributed by atoms with E-state index in [1.54, 1.807) is 4.68 Å². The molecule has 0 spiro atoms. The molecule has 2 aliphatic carbocycles. The van der Waals surface area contributed by atoms with E-state index in [2.05, 4.69) is 27.8 Å². The molecule has 5 rings (SSSR count). The lowest BCUT2D eigenvalue weighted by atomic mass is 9.95. The molecule has 1 unspecified atom stereocenters. The van der Waals surface area contributed by atoms with Crippen molar-refractivity contribution < 1.29 is 13.7 Å². The summed E-state index contributed by atoms with van der Waals surface area (Å²) in [4.78, 5) is 12.9. The molecule has 0 fully saturated rings. The quantitative estimate of drug-likeness (QED) is 0.806. The van der Waals surface area contributed by atoms with Crippen molar-refractivity contribution in [1.82, 2.24) is 9.78 Å². The number of benzene rings is 1. The highest BCUT2D eigenvalue weighted by atomic mass is 32.2. The number of hydrogen-bond acceptors (Lipinski definition) is 4. The van der Waals surface area contributed by atoms with Crippen LogP contribution >= 0.6 is 0 Å². The van der Waals surface area contributed by atoms with Gasteiger partial charge in [-0.25, -0.2) is 18.8 Å². The van der Waals surface area contributed by atoms with Crippen LogP contribution in [0, 0.1) is 0 Å². The van der Waals surface area contributed by atoms with E-state index < -0.39 is 15.9 Å². The van der Waals surface area contributed by atoms with Crippen molar-refractivity contribution in [3.8, 4) is 5.88 Å². The molecule has 0 saturated carbocycles. The fourth-order valence-corrected chi connectivity index (χ4v) is 5.65. The van der Waals surface area contributed by atoms with Gasteiger partial charge in [0.2, 0.25) is 5.88 Å². The fraction of sp³-hybridized carbons (Fsp3) is 0.474. The van der Waals surface area contributed by atoms with Gasteiger partial charge in [0.25, 0.3) is 0 Å². The zero-order valence-electron chi connectivity index (χ0n) is 15.7. The summed E-state index contributed by atoms with van der Waals surface area (Å²) in [6.07, 6.45) is 6.52. The number of amides is 2. The molecule has 9 heteroatoms. The summed E-state index contributed by atoms with van der Waals surface area (Å²) >= 11 is 0. The Morgan fingerprint density at radius 2 is 2.25 bits per heavy atom. The maximum atomic E-state index is 13.0. The van der Waals surface area contributed by atoms with Crippen LogP contribution in [0.5, 0.6) is 5.88 Å². The number of nitrogens with zero attached hydrogens (tertiary/aromatic N) is 3. The second-order valence-electron chi connectivity index (χ2n) is 7.73. The number of carbonyl (C=O) groups excluding carboxylic acids is 1. The number of carbonyl (C=O) groups is 1. The Bertz CT molecular complexity index is 1110.